The number of nitrogens with zero attached hydrogens (tertiary/aromatic N) is 1. The third kappa shape index (κ3) is 2.60. The lowest BCUT2D eigenvalue weighted by Gasteiger charge is -2.06. The molecule has 0 bridgehead atoms. The normalized spacial score (nSPS) is 11.4. The molecule has 0 saturated carbocycles. The lowest BCUT2D eigenvalue weighted by Crippen LogP contribution is -2.14. The van der Waals surface area contributed by atoms with Gasteiger partial charge in [0, 0.05) is 0 Å². The van der Waals surface area contributed by atoms with E-state index in [1.165, 1.54) is 0 Å². The highest BCUT2D eigenvalue weighted by atomic mass is 16.5. The van der Waals surface area contributed by atoms with Crippen LogP contribution in [0.2, 0.25) is 0 Å². The van der Waals surface area contributed by atoms with Gasteiger partial charge in [-0.3, -0.25) is 4.79 Å². The molecule has 3 heteroatoms. The Balaban J connectivity index is 2.74. The van der Waals surface area contributed by atoms with Crippen LogP contribution in [-0.4, -0.2) is 12.4 Å². The number of carbonyl (C=O) groups excluding carboxylic acids is 1. The fourth-order valence-corrected chi connectivity index (χ4v) is 0.920. The monoisotopic (exact) mass is 175 g/mol. The van der Waals surface area contributed by atoms with Gasteiger partial charge in [-0.15, -0.1) is 0 Å². The number of rotatable bonds is 3. The minimum absolute atomic E-state index is 0.475. The third-order valence-corrected chi connectivity index (χ3v) is 1.50. The number of aldehydes is 1. The van der Waals surface area contributed by atoms with Crippen LogP contribution in [0.15, 0.2) is 24.3 Å². The SMILES string of the molecule is Cc1cccc(OC(C#N)C=O)c1. The summed E-state index contributed by atoms with van der Waals surface area (Å²) in [4.78, 5) is 10.3. The zero-order valence-electron chi connectivity index (χ0n) is 7.23. The smallest absolute Gasteiger partial charge is 0.238 e. The van der Waals surface area contributed by atoms with E-state index in [9.17, 15) is 4.79 Å². The lowest BCUT2D eigenvalue weighted by atomic mass is 10.2. The van der Waals surface area contributed by atoms with E-state index in [2.05, 4.69) is 0 Å². The van der Waals surface area contributed by atoms with E-state index >= 15 is 0 Å². The molecule has 66 valence electrons. The molecule has 0 spiro atoms. The average Bonchev–Trinajstić information content (AvgIpc) is 2.14. The van der Waals surface area contributed by atoms with Crippen molar-refractivity contribution in [1.82, 2.24) is 0 Å². The second-order valence-electron chi connectivity index (χ2n) is 2.62. The van der Waals surface area contributed by atoms with E-state index in [0.717, 1.165) is 5.56 Å². The molecular weight excluding hydrogens is 166 g/mol. The Morgan fingerprint density at radius 1 is 1.62 bits per heavy atom. The predicted molar refractivity (Wildman–Crippen MR) is 47.3 cm³/mol. The van der Waals surface area contributed by atoms with E-state index in [-0.39, 0.29) is 0 Å². The van der Waals surface area contributed by atoms with Crippen LogP contribution in [0.4, 0.5) is 0 Å². The summed E-state index contributed by atoms with van der Waals surface area (Å²) >= 11 is 0. The Hall–Kier alpha value is -1.82. The van der Waals surface area contributed by atoms with Gasteiger partial charge in [-0.2, -0.15) is 5.26 Å². The van der Waals surface area contributed by atoms with Crippen LogP contribution in [0.5, 0.6) is 5.75 Å². The summed E-state index contributed by atoms with van der Waals surface area (Å²) in [6.07, 6.45) is -0.538. The first-order valence-corrected chi connectivity index (χ1v) is 3.84. The molecule has 0 aliphatic carbocycles. The number of hydrogen-bond acceptors (Lipinski definition) is 3. The summed E-state index contributed by atoms with van der Waals surface area (Å²) in [5.41, 5.74) is 1.03. The average molecular weight is 175 g/mol. The van der Waals surface area contributed by atoms with Crippen molar-refractivity contribution in [2.75, 3.05) is 0 Å². The van der Waals surface area contributed by atoms with Gasteiger partial charge < -0.3 is 4.74 Å². The van der Waals surface area contributed by atoms with Crippen molar-refractivity contribution < 1.29 is 9.53 Å². The molecule has 0 aliphatic heterocycles. The summed E-state index contributed by atoms with van der Waals surface area (Å²) < 4.78 is 5.06. The van der Waals surface area contributed by atoms with Gasteiger partial charge in [-0.1, -0.05) is 12.1 Å². The molecule has 0 radical (unpaired) electrons. The molecule has 0 heterocycles. The molecule has 1 unspecified atom stereocenters. The number of hydrogen-bond donors (Lipinski definition) is 0. The fraction of sp³-hybridized carbons (Fsp3) is 0.200. The topological polar surface area (TPSA) is 50.1 Å². The van der Waals surface area contributed by atoms with Gasteiger partial charge in [-0.25, -0.2) is 0 Å². The van der Waals surface area contributed by atoms with E-state index in [4.69, 9.17) is 10.00 Å². The second-order valence-corrected chi connectivity index (χ2v) is 2.62. The zero-order valence-corrected chi connectivity index (χ0v) is 7.23. The molecule has 1 aromatic carbocycles. The molecule has 0 fully saturated rings. The molecule has 1 atom stereocenters. The molecular formula is C10H9NO2. The fourth-order valence-electron chi connectivity index (χ4n) is 0.920. The van der Waals surface area contributed by atoms with Gasteiger partial charge in [-0.05, 0) is 24.6 Å². The maximum Gasteiger partial charge on any atom is 0.238 e. The number of aryl methyl sites for hydroxylation is 1. The van der Waals surface area contributed by atoms with Crippen molar-refractivity contribution in [3.63, 3.8) is 0 Å². The Labute approximate surface area is 76.6 Å². The van der Waals surface area contributed by atoms with Gasteiger partial charge >= 0.3 is 0 Å². The maximum atomic E-state index is 10.3. The number of carbonyl (C=O) groups is 1. The largest absolute Gasteiger partial charge is 0.468 e. The third-order valence-electron chi connectivity index (χ3n) is 1.50. The first-order valence-electron chi connectivity index (χ1n) is 3.84. The lowest BCUT2D eigenvalue weighted by molar-refractivity contribution is -0.111. The Morgan fingerprint density at radius 3 is 2.92 bits per heavy atom. The molecule has 0 amide bonds. The van der Waals surface area contributed by atoms with Crippen LogP contribution in [0.25, 0.3) is 0 Å². The van der Waals surface area contributed by atoms with Gasteiger partial charge in [0.05, 0.1) is 0 Å². The highest BCUT2D eigenvalue weighted by molar-refractivity contribution is 5.61. The van der Waals surface area contributed by atoms with Crippen molar-refractivity contribution in [2.45, 2.75) is 13.0 Å². The van der Waals surface area contributed by atoms with Gasteiger partial charge in [0.25, 0.3) is 0 Å². The minimum Gasteiger partial charge on any atom is -0.468 e. The Bertz CT molecular complexity index is 341. The maximum absolute atomic E-state index is 10.3. The molecule has 0 saturated heterocycles. The summed E-state index contributed by atoms with van der Waals surface area (Å²) in [5, 5.41) is 8.45. The minimum atomic E-state index is -1.01. The molecule has 1 rings (SSSR count). The Morgan fingerprint density at radius 2 is 2.38 bits per heavy atom. The van der Waals surface area contributed by atoms with E-state index in [1.54, 1.807) is 18.2 Å². The first-order chi connectivity index (χ1) is 6.26. The van der Waals surface area contributed by atoms with Crippen LogP contribution in [-0.2, 0) is 4.79 Å². The van der Waals surface area contributed by atoms with Crippen LogP contribution < -0.4 is 4.74 Å². The highest BCUT2D eigenvalue weighted by Crippen LogP contribution is 2.13. The summed E-state index contributed by atoms with van der Waals surface area (Å²) in [6, 6.07) is 8.93. The van der Waals surface area contributed by atoms with Gasteiger partial charge in [0.2, 0.25) is 6.10 Å². The standard InChI is InChI=1S/C10H9NO2/c1-8-3-2-4-9(5-8)13-10(6-11)7-12/h2-5,7,10H,1H3. The molecule has 0 aliphatic rings. The van der Waals surface area contributed by atoms with E-state index in [1.807, 2.05) is 19.1 Å². The zero-order chi connectivity index (χ0) is 9.68. The van der Waals surface area contributed by atoms with Crippen LogP contribution >= 0.6 is 0 Å². The summed E-state index contributed by atoms with van der Waals surface area (Å²) in [6.45, 7) is 1.91. The van der Waals surface area contributed by atoms with Gasteiger partial charge in [0.1, 0.15) is 11.8 Å². The Kier molecular flexibility index (Phi) is 3.04. The highest BCUT2D eigenvalue weighted by Gasteiger charge is 2.05. The summed E-state index contributed by atoms with van der Waals surface area (Å²) in [7, 11) is 0. The predicted octanol–water partition coefficient (Wildman–Crippen LogP) is 1.46. The van der Waals surface area contributed by atoms with Crippen molar-refractivity contribution in [2.24, 2.45) is 0 Å². The van der Waals surface area contributed by atoms with Crippen molar-refractivity contribution in [3.05, 3.63) is 29.8 Å². The van der Waals surface area contributed by atoms with E-state index in [0.29, 0.717) is 12.0 Å². The van der Waals surface area contributed by atoms with Crippen LogP contribution in [0.3, 0.4) is 0 Å². The van der Waals surface area contributed by atoms with Crippen LogP contribution in [0.1, 0.15) is 5.56 Å². The number of benzene rings is 1. The molecule has 0 aromatic heterocycles. The first kappa shape index (κ1) is 9.27. The quantitative estimate of drug-likeness (QED) is 0.653. The number of ether oxygens (including phenoxy) is 1. The van der Waals surface area contributed by atoms with E-state index < -0.39 is 6.10 Å². The van der Waals surface area contributed by atoms with Crippen molar-refractivity contribution in [3.8, 4) is 11.8 Å². The number of nitriles is 1. The summed E-state index contributed by atoms with van der Waals surface area (Å²) in [5.74, 6) is 0.540. The second kappa shape index (κ2) is 4.27. The van der Waals surface area contributed by atoms with Crippen molar-refractivity contribution in [1.29, 1.82) is 5.26 Å². The molecule has 13 heavy (non-hydrogen) atoms. The molecule has 0 N–H and O–H groups in total. The molecule has 1 aromatic rings. The van der Waals surface area contributed by atoms with Crippen molar-refractivity contribution >= 4 is 6.29 Å². The molecule has 3 nitrogen and oxygen atoms in total. The van der Waals surface area contributed by atoms with Gasteiger partial charge in [0.15, 0.2) is 6.29 Å². The van der Waals surface area contributed by atoms with Crippen LogP contribution in [0, 0.1) is 18.3 Å².